The Morgan fingerprint density at radius 1 is 1.37 bits per heavy atom. The summed E-state index contributed by atoms with van der Waals surface area (Å²) in [7, 11) is 0. The summed E-state index contributed by atoms with van der Waals surface area (Å²) in [6.45, 7) is 2.78. The average Bonchev–Trinajstić information content (AvgIpc) is 2.66. The molecule has 0 atom stereocenters. The first-order chi connectivity index (χ1) is 9.15. The Morgan fingerprint density at radius 3 is 2.79 bits per heavy atom. The molecule has 0 aliphatic carbocycles. The van der Waals surface area contributed by atoms with E-state index >= 15 is 0 Å². The summed E-state index contributed by atoms with van der Waals surface area (Å²) in [5.41, 5.74) is 3.13. The number of hydrogen-bond donors (Lipinski definition) is 0. The minimum absolute atomic E-state index is 0.409. The molecule has 0 saturated carbocycles. The number of nitrogens with zero attached hydrogens (tertiary/aromatic N) is 2. The van der Waals surface area contributed by atoms with Crippen LogP contribution in [-0.2, 0) is 18.8 Å². The van der Waals surface area contributed by atoms with Gasteiger partial charge in [-0.1, -0.05) is 53.0 Å². The molecule has 0 aliphatic heterocycles. The van der Waals surface area contributed by atoms with Gasteiger partial charge in [0, 0.05) is 10.0 Å². The van der Waals surface area contributed by atoms with Gasteiger partial charge in [0.1, 0.15) is 5.15 Å². The minimum Gasteiger partial charge on any atom is -0.249 e. The van der Waals surface area contributed by atoms with Crippen LogP contribution in [0.25, 0.3) is 0 Å². The highest BCUT2D eigenvalue weighted by molar-refractivity contribution is 9.10. The minimum atomic E-state index is 0.409. The van der Waals surface area contributed by atoms with E-state index in [9.17, 15) is 0 Å². The molecular weight excluding hydrogens is 347 g/mol. The molecule has 0 saturated heterocycles. The van der Waals surface area contributed by atoms with E-state index < -0.39 is 0 Å². The zero-order valence-electron chi connectivity index (χ0n) is 10.7. The second-order valence-corrected chi connectivity index (χ2v) is 5.93. The predicted molar refractivity (Wildman–Crippen MR) is 84.0 cm³/mol. The molecule has 102 valence electrons. The van der Waals surface area contributed by atoms with Crippen molar-refractivity contribution in [2.24, 2.45) is 0 Å². The third-order valence-corrected chi connectivity index (χ3v) is 4.09. The van der Waals surface area contributed by atoms with E-state index in [0.29, 0.717) is 17.6 Å². The molecule has 0 N–H and O–H groups in total. The molecule has 0 bridgehead atoms. The van der Waals surface area contributed by atoms with Crippen molar-refractivity contribution in [1.82, 2.24) is 9.78 Å². The summed E-state index contributed by atoms with van der Waals surface area (Å²) >= 11 is 15.8. The largest absolute Gasteiger partial charge is 0.249 e. The molecule has 1 aromatic carbocycles. The maximum atomic E-state index is 6.36. The maximum Gasteiger partial charge on any atom is 0.132 e. The molecule has 0 unspecified atom stereocenters. The van der Waals surface area contributed by atoms with Crippen LogP contribution in [0.1, 0.15) is 30.2 Å². The quantitative estimate of drug-likeness (QED) is 0.682. The van der Waals surface area contributed by atoms with Crippen molar-refractivity contribution in [3.63, 3.8) is 0 Å². The lowest BCUT2D eigenvalue weighted by Gasteiger charge is -2.04. The lowest BCUT2D eigenvalue weighted by atomic mass is 10.2. The molecule has 0 radical (unpaired) electrons. The van der Waals surface area contributed by atoms with Crippen LogP contribution in [0.2, 0.25) is 5.15 Å². The summed E-state index contributed by atoms with van der Waals surface area (Å²) in [4.78, 5) is 0. The fraction of sp³-hybridized carbons (Fsp3) is 0.357. The number of halogens is 3. The van der Waals surface area contributed by atoms with Crippen LogP contribution >= 0.6 is 39.1 Å². The molecule has 0 spiro atoms. The van der Waals surface area contributed by atoms with E-state index in [1.54, 1.807) is 0 Å². The third-order valence-electron chi connectivity index (χ3n) is 2.91. The first kappa shape index (κ1) is 14.9. The molecule has 19 heavy (non-hydrogen) atoms. The summed E-state index contributed by atoms with van der Waals surface area (Å²) in [5.74, 6) is 0.409. The summed E-state index contributed by atoms with van der Waals surface area (Å²) in [5, 5.41) is 5.23. The van der Waals surface area contributed by atoms with Crippen molar-refractivity contribution in [3.8, 4) is 0 Å². The van der Waals surface area contributed by atoms with Crippen LogP contribution in [0.5, 0.6) is 0 Å². The molecule has 2 aromatic rings. The van der Waals surface area contributed by atoms with Crippen molar-refractivity contribution in [2.45, 2.75) is 32.2 Å². The van der Waals surface area contributed by atoms with E-state index in [1.807, 2.05) is 16.8 Å². The van der Waals surface area contributed by atoms with E-state index in [0.717, 1.165) is 34.1 Å². The Kier molecular flexibility index (Phi) is 5.31. The zero-order chi connectivity index (χ0) is 13.8. The van der Waals surface area contributed by atoms with Gasteiger partial charge >= 0.3 is 0 Å². The smallest absolute Gasteiger partial charge is 0.132 e. The van der Waals surface area contributed by atoms with Gasteiger partial charge in [-0.3, -0.25) is 0 Å². The van der Waals surface area contributed by atoms with Crippen molar-refractivity contribution >= 4 is 39.1 Å². The van der Waals surface area contributed by atoms with Gasteiger partial charge in [0.2, 0.25) is 0 Å². The zero-order valence-corrected chi connectivity index (χ0v) is 13.8. The van der Waals surface area contributed by atoms with Crippen LogP contribution in [0.4, 0.5) is 0 Å². The van der Waals surface area contributed by atoms with Crippen molar-refractivity contribution in [3.05, 3.63) is 50.7 Å². The second-order valence-electron chi connectivity index (χ2n) is 4.39. The average molecular weight is 362 g/mol. The highest BCUT2D eigenvalue weighted by Crippen LogP contribution is 2.24. The normalized spacial score (nSPS) is 10.9. The molecule has 1 heterocycles. The predicted octanol–water partition coefficient (Wildman–Crippen LogP) is 5.04. The number of hydrogen-bond acceptors (Lipinski definition) is 1. The SMILES string of the molecule is CCCc1nn(Cc2cccc(Br)c2)c(Cl)c1CCl. The lowest BCUT2D eigenvalue weighted by Crippen LogP contribution is -2.02. The Hall–Kier alpha value is -0.510. The van der Waals surface area contributed by atoms with E-state index in [1.165, 1.54) is 0 Å². The molecular formula is C14H15BrCl2N2. The standard InChI is InChI=1S/C14H15BrCl2N2/c1-2-4-13-12(8-16)14(17)19(18-13)9-10-5-3-6-11(15)7-10/h3,5-7H,2,4,8-9H2,1H3. The number of alkyl halides is 1. The fourth-order valence-electron chi connectivity index (χ4n) is 2.01. The van der Waals surface area contributed by atoms with Crippen LogP contribution in [0.15, 0.2) is 28.7 Å². The molecule has 2 nitrogen and oxygen atoms in total. The number of aromatic nitrogens is 2. The maximum absolute atomic E-state index is 6.36. The van der Waals surface area contributed by atoms with Gasteiger partial charge in [0.15, 0.2) is 0 Å². The highest BCUT2D eigenvalue weighted by Gasteiger charge is 2.15. The van der Waals surface area contributed by atoms with Gasteiger partial charge in [0.05, 0.1) is 18.1 Å². The van der Waals surface area contributed by atoms with Gasteiger partial charge in [-0.25, -0.2) is 4.68 Å². The Morgan fingerprint density at radius 2 is 2.16 bits per heavy atom. The molecule has 0 fully saturated rings. The second kappa shape index (κ2) is 6.78. The van der Waals surface area contributed by atoms with E-state index in [2.05, 4.69) is 40.1 Å². The van der Waals surface area contributed by atoms with Crippen LogP contribution in [0, 0.1) is 0 Å². The lowest BCUT2D eigenvalue weighted by molar-refractivity contribution is 0.668. The first-order valence-electron chi connectivity index (χ1n) is 6.20. The van der Waals surface area contributed by atoms with Gasteiger partial charge in [0.25, 0.3) is 0 Å². The van der Waals surface area contributed by atoms with Gasteiger partial charge < -0.3 is 0 Å². The van der Waals surface area contributed by atoms with Crippen LogP contribution in [0.3, 0.4) is 0 Å². The Balaban J connectivity index is 2.30. The molecule has 2 rings (SSSR count). The summed E-state index contributed by atoms with van der Waals surface area (Å²) in [6, 6.07) is 8.13. The molecule has 1 aromatic heterocycles. The summed E-state index contributed by atoms with van der Waals surface area (Å²) in [6.07, 6.45) is 1.95. The van der Waals surface area contributed by atoms with E-state index in [-0.39, 0.29) is 0 Å². The molecule has 0 amide bonds. The molecule has 5 heteroatoms. The van der Waals surface area contributed by atoms with Crippen molar-refractivity contribution < 1.29 is 0 Å². The van der Waals surface area contributed by atoms with Crippen LogP contribution in [-0.4, -0.2) is 9.78 Å². The van der Waals surface area contributed by atoms with Crippen LogP contribution < -0.4 is 0 Å². The van der Waals surface area contributed by atoms with Gasteiger partial charge in [-0.2, -0.15) is 5.10 Å². The van der Waals surface area contributed by atoms with E-state index in [4.69, 9.17) is 23.2 Å². The van der Waals surface area contributed by atoms with Gasteiger partial charge in [-0.05, 0) is 24.1 Å². The number of rotatable bonds is 5. The number of benzene rings is 1. The van der Waals surface area contributed by atoms with Crippen molar-refractivity contribution in [1.29, 1.82) is 0 Å². The Labute approximate surface area is 131 Å². The highest BCUT2D eigenvalue weighted by atomic mass is 79.9. The Bertz CT molecular complexity index is 567. The monoisotopic (exact) mass is 360 g/mol. The molecule has 0 aliphatic rings. The van der Waals surface area contributed by atoms with Gasteiger partial charge in [-0.15, -0.1) is 11.6 Å². The first-order valence-corrected chi connectivity index (χ1v) is 7.90. The third kappa shape index (κ3) is 3.53. The topological polar surface area (TPSA) is 17.8 Å². The van der Waals surface area contributed by atoms with Crippen molar-refractivity contribution in [2.75, 3.05) is 0 Å². The number of aryl methyl sites for hydroxylation is 1. The summed E-state index contributed by atoms with van der Waals surface area (Å²) < 4.78 is 2.88. The fourth-order valence-corrected chi connectivity index (χ4v) is 3.08.